The number of nitrogens with zero attached hydrogens (tertiary/aromatic N) is 1. The van der Waals surface area contributed by atoms with Gasteiger partial charge in [-0.2, -0.15) is 0 Å². The van der Waals surface area contributed by atoms with Crippen molar-refractivity contribution in [1.29, 1.82) is 0 Å². The van der Waals surface area contributed by atoms with Gasteiger partial charge in [0.25, 0.3) is 5.91 Å². The molecule has 2 aromatic rings. The summed E-state index contributed by atoms with van der Waals surface area (Å²) in [6, 6.07) is 15.7. The predicted molar refractivity (Wildman–Crippen MR) is 111 cm³/mol. The molecule has 3 rings (SSSR count). The molecule has 1 fully saturated rings. The lowest BCUT2D eigenvalue weighted by atomic mass is 10.0. The number of carbonyl (C=O) groups is 1. The summed E-state index contributed by atoms with van der Waals surface area (Å²) >= 11 is 0. The van der Waals surface area contributed by atoms with E-state index in [2.05, 4.69) is 22.3 Å². The van der Waals surface area contributed by atoms with Gasteiger partial charge in [0.15, 0.2) is 0 Å². The third-order valence-corrected chi connectivity index (χ3v) is 5.20. The highest BCUT2D eigenvalue weighted by molar-refractivity contribution is 5.94. The zero-order valence-corrected chi connectivity index (χ0v) is 16.8. The van der Waals surface area contributed by atoms with Crippen molar-refractivity contribution in [3.05, 3.63) is 59.7 Å². The Bertz CT molecular complexity index is 755. The Labute approximate surface area is 167 Å². The van der Waals surface area contributed by atoms with E-state index in [1.165, 1.54) is 24.8 Å². The summed E-state index contributed by atoms with van der Waals surface area (Å²) in [6.45, 7) is 5.34. The van der Waals surface area contributed by atoms with Crippen molar-refractivity contribution in [2.24, 2.45) is 0 Å². The van der Waals surface area contributed by atoms with Gasteiger partial charge in [-0.05, 0) is 68.8 Å². The summed E-state index contributed by atoms with van der Waals surface area (Å²) in [7, 11) is 1.61. The fraction of sp³-hybridized carbons (Fsp3) is 0.435. The van der Waals surface area contributed by atoms with E-state index in [-0.39, 0.29) is 11.9 Å². The Balaban J connectivity index is 1.72. The molecular weight excluding hydrogens is 352 g/mol. The molecule has 150 valence electrons. The summed E-state index contributed by atoms with van der Waals surface area (Å²) in [5.74, 6) is 1.49. The van der Waals surface area contributed by atoms with Crippen LogP contribution in [-0.2, 0) is 0 Å². The highest BCUT2D eigenvalue weighted by Gasteiger charge is 2.23. The molecule has 1 aliphatic rings. The monoisotopic (exact) mass is 382 g/mol. The number of methoxy groups -OCH3 is 1. The van der Waals surface area contributed by atoms with Crippen LogP contribution in [0.4, 0.5) is 0 Å². The molecule has 1 amide bonds. The Hall–Kier alpha value is -2.53. The normalized spacial score (nSPS) is 15.6. The molecule has 0 aromatic heterocycles. The van der Waals surface area contributed by atoms with Crippen LogP contribution >= 0.6 is 0 Å². The minimum absolute atomic E-state index is 0.0770. The number of carbonyl (C=O) groups excluding carboxylic acids is 1. The third-order valence-electron chi connectivity index (χ3n) is 5.20. The first kappa shape index (κ1) is 20.2. The Morgan fingerprint density at radius 1 is 1.07 bits per heavy atom. The van der Waals surface area contributed by atoms with Crippen molar-refractivity contribution < 1.29 is 14.3 Å². The van der Waals surface area contributed by atoms with Crippen molar-refractivity contribution >= 4 is 5.91 Å². The molecule has 0 radical (unpaired) electrons. The third kappa shape index (κ3) is 5.26. The average Bonchev–Trinajstić information content (AvgIpc) is 2.76. The van der Waals surface area contributed by atoms with Gasteiger partial charge in [0, 0.05) is 12.1 Å². The summed E-state index contributed by atoms with van der Waals surface area (Å²) in [5.41, 5.74) is 1.82. The highest BCUT2D eigenvalue weighted by atomic mass is 16.5. The van der Waals surface area contributed by atoms with E-state index in [1.807, 2.05) is 37.3 Å². The van der Waals surface area contributed by atoms with Crippen molar-refractivity contribution in [3.63, 3.8) is 0 Å². The Morgan fingerprint density at radius 3 is 2.50 bits per heavy atom. The molecule has 1 unspecified atom stereocenters. The molecule has 1 aliphatic heterocycles. The second-order valence-corrected chi connectivity index (χ2v) is 7.06. The molecular formula is C23H30N2O3. The number of nitrogens with one attached hydrogen (secondary N) is 1. The van der Waals surface area contributed by atoms with Gasteiger partial charge in [-0.3, -0.25) is 9.69 Å². The van der Waals surface area contributed by atoms with Crippen LogP contribution in [0.2, 0.25) is 0 Å². The first-order chi connectivity index (χ1) is 13.7. The molecule has 5 heteroatoms. The fourth-order valence-corrected chi connectivity index (χ4v) is 3.70. The lowest BCUT2D eigenvalue weighted by molar-refractivity contribution is 0.0924. The molecule has 2 aromatic carbocycles. The lowest BCUT2D eigenvalue weighted by Crippen LogP contribution is -2.40. The van der Waals surface area contributed by atoms with Gasteiger partial charge in [-0.25, -0.2) is 0 Å². The summed E-state index contributed by atoms with van der Waals surface area (Å²) in [4.78, 5) is 15.1. The van der Waals surface area contributed by atoms with Crippen LogP contribution in [0.5, 0.6) is 11.5 Å². The Kier molecular flexibility index (Phi) is 7.31. The summed E-state index contributed by atoms with van der Waals surface area (Å²) in [5, 5.41) is 3.12. The molecule has 28 heavy (non-hydrogen) atoms. The maximum Gasteiger partial charge on any atom is 0.251 e. The van der Waals surface area contributed by atoms with Crippen LogP contribution in [0.1, 0.15) is 48.1 Å². The number of rotatable bonds is 8. The predicted octanol–water partition coefficient (Wildman–Crippen LogP) is 4.05. The minimum atomic E-state index is -0.0770. The van der Waals surface area contributed by atoms with Gasteiger partial charge < -0.3 is 14.8 Å². The average molecular weight is 383 g/mol. The van der Waals surface area contributed by atoms with Crippen molar-refractivity contribution in [2.75, 3.05) is 33.4 Å². The van der Waals surface area contributed by atoms with Gasteiger partial charge in [-0.15, -0.1) is 0 Å². The van der Waals surface area contributed by atoms with Crippen LogP contribution in [-0.4, -0.2) is 44.2 Å². The second-order valence-electron chi connectivity index (χ2n) is 7.06. The van der Waals surface area contributed by atoms with Crippen LogP contribution in [0.3, 0.4) is 0 Å². The fourth-order valence-electron chi connectivity index (χ4n) is 3.70. The summed E-state index contributed by atoms with van der Waals surface area (Å²) in [6.07, 6.45) is 3.69. The lowest BCUT2D eigenvalue weighted by Gasteiger charge is -2.35. The van der Waals surface area contributed by atoms with E-state index in [1.54, 1.807) is 13.2 Å². The zero-order valence-electron chi connectivity index (χ0n) is 16.8. The molecule has 0 saturated carbocycles. The van der Waals surface area contributed by atoms with Crippen LogP contribution in [0.15, 0.2) is 48.5 Å². The number of hydrogen-bond donors (Lipinski definition) is 1. The van der Waals surface area contributed by atoms with E-state index in [9.17, 15) is 4.79 Å². The number of piperidine rings is 1. The Morgan fingerprint density at radius 2 is 1.82 bits per heavy atom. The van der Waals surface area contributed by atoms with Crippen LogP contribution in [0.25, 0.3) is 0 Å². The first-order valence-electron chi connectivity index (χ1n) is 10.1. The topological polar surface area (TPSA) is 50.8 Å². The van der Waals surface area contributed by atoms with E-state index in [0.717, 1.165) is 18.8 Å². The first-order valence-corrected chi connectivity index (χ1v) is 10.1. The number of amides is 1. The molecule has 1 saturated heterocycles. The van der Waals surface area contributed by atoms with Crippen LogP contribution in [0, 0.1) is 0 Å². The quantitative estimate of drug-likeness (QED) is 0.748. The zero-order chi connectivity index (χ0) is 19.8. The number of hydrogen-bond acceptors (Lipinski definition) is 4. The number of likely N-dealkylation sites (tertiary alicyclic amines) is 1. The standard InChI is InChI=1S/C23H30N2O3/c1-3-28-20-12-10-18(11-13-20)22(25-14-5-4-6-15-25)17-24-23(26)19-8-7-9-21(16-19)27-2/h7-13,16,22H,3-6,14-15,17H2,1-2H3,(H,24,26). The van der Waals surface area contributed by atoms with Crippen LogP contribution < -0.4 is 14.8 Å². The van der Waals surface area contributed by atoms with Gasteiger partial charge in [-0.1, -0.05) is 24.6 Å². The van der Waals surface area contributed by atoms with Gasteiger partial charge in [0.2, 0.25) is 0 Å². The van der Waals surface area contributed by atoms with E-state index >= 15 is 0 Å². The second kappa shape index (κ2) is 10.1. The molecule has 0 spiro atoms. The van der Waals surface area contributed by atoms with Crippen molar-refractivity contribution in [3.8, 4) is 11.5 Å². The van der Waals surface area contributed by atoms with E-state index in [0.29, 0.717) is 24.5 Å². The highest BCUT2D eigenvalue weighted by Crippen LogP contribution is 2.26. The van der Waals surface area contributed by atoms with Gasteiger partial charge in [0.05, 0.1) is 19.8 Å². The summed E-state index contributed by atoms with van der Waals surface area (Å²) < 4.78 is 10.8. The minimum Gasteiger partial charge on any atom is -0.497 e. The molecule has 0 aliphatic carbocycles. The van der Waals surface area contributed by atoms with Gasteiger partial charge >= 0.3 is 0 Å². The SMILES string of the molecule is CCOc1ccc(C(CNC(=O)c2cccc(OC)c2)N2CCCCC2)cc1. The molecule has 1 atom stereocenters. The largest absolute Gasteiger partial charge is 0.497 e. The van der Waals surface area contributed by atoms with Crippen molar-refractivity contribution in [2.45, 2.75) is 32.2 Å². The van der Waals surface area contributed by atoms with Gasteiger partial charge in [0.1, 0.15) is 11.5 Å². The smallest absolute Gasteiger partial charge is 0.251 e. The maximum absolute atomic E-state index is 12.7. The maximum atomic E-state index is 12.7. The van der Waals surface area contributed by atoms with Crippen molar-refractivity contribution in [1.82, 2.24) is 10.2 Å². The number of ether oxygens (including phenoxy) is 2. The molecule has 1 heterocycles. The van der Waals surface area contributed by atoms with E-state index in [4.69, 9.17) is 9.47 Å². The molecule has 5 nitrogen and oxygen atoms in total. The number of benzene rings is 2. The molecule has 1 N–H and O–H groups in total. The van der Waals surface area contributed by atoms with E-state index < -0.39 is 0 Å². The molecule has 0 bridgehead atoms.